The van der Waals surface area contributed by atoms with Crippen LogP contribution in [0.3, 0.4) is 0 Å². The topological polar surface area (TPSA) is 53.4 Å². The zero-order chi connectivity index (χ0) is 12.3. The van der Waals surface area contributed by atoms with Crippen molar-refractivity contribution in [2.75, 3.05) is 14.2 Å². The summed E-state index contributed by atoms with van der Waals surface area (Å²) < 4.78 is 11.7. The second-order valence-electron chi connectivity index (χ2n) is 3.32. The Kier molecular flexibility index (Phi) is 3.09. The second kappa shape index (κ2) is 4.69. The van der Waals surface area contributed by atoms with Crippen LogP contribution in [0.2, 0.25) is 0 Å². The zero-order valence-electron chi connectivity index (χ0n) is 9.58. The Morgan fingerprint density at radius 1 is 1.29 bits per heavy atom. The van der Waals surface area contributed by atoms with E-state index in [0.717, 1.165) is 0 Å². The van der Waals surface area contributed by atoms with Crippen molar-refractivity contribution in [1.82, 2.24) is 9.55 Å². The summed E-state index contributed by atoms with van der Waals surface area (Å²) >= 11 is 0. The summed E-state index contributed by atoms with van der Waals surface area (Å²) in [4.78, 5) is 16.0. The van der Waals surface area contributed by atoms with E-state index in [1.807, 2.05) is 0 Å². The average molecular weight is 232 g/mol. The summed E-state index contributed by atoms with van der Waals surface area (Å²) in [6.07, 6.45) is 4.58. The summed E-state index contributed by atoms with van der Waals surface area (Å²) in [5.74, 6) is 0.741. The molecule has 0 fully saturated rings. The number of methoxy groups -OCH3 is 2. The molecule has 0 N–H and O–H groups in total. The monoisotopic (exact) mass is 232 g/mol. The van der Waals surface area contributed by atoms with Crippen LogP contribution in [0.1, 0.15) is 10.4 Å². The van der Waals surface area contributed by atoms with Crippen LogP contribution in [0.4, 0.5) is 0 Å². The van der Waals surface area contributed by atoms with E-state index in [1.54, 1.807) is 30.6 Å². The fourth-order valence-corrected chi connectivity index (χ4v) is 1.57. The van der Waals surface area contributed by atoms with Crippen LogP contribution >= 0.6 is 0 Å². The van der Waals surface area contributed by atoms with Crippen molar-refractivity contribution >= 4 is 5.91 Å². The molecular weight excluding hydrogens is 220 g/mol. The molecule has 0 aliphatic carbocycles. The molecule has 0 atom stereocenters. The van der Waals surface area contributed by atoms with E-state index in [1.165, 1.54) is 25.1 Å². The number of hydrogen-bond acceptors (Lipinski definition) is 4. The molecule has 17 heavy (non-hydrogen) atoms. The predicted octanol–water partition coefficient (Wildman–Crippen LogP) is 1.59. The number of nitrogens with zero attached hydrogens (tertiary/aromatic N) is 2. The van der Waals surface area contributed by atoms with Gasteiger partial charge in [-0.25, -0.2) is 4.98 Å². The van der Waals surface area contributed by atoms with Gasteiger partial charge < -0.3 is 9.47 Å². The highest BCUT2D eigenvalue weighted by atomic mass is 16.5. The maximum absolute atomic E-state index is 12.1. The largest absolute Gasteiger partial charge is 0.493 e. The average Bonchev–Trinajstić information content (AvgIpc) is 2.90. The van der Waals surface area contributed by atoms with Crippen LogP contribution in [0.5, 0.6) is 11.5 Å². The first-order valence-electron chi connectivity index (χ1n) is 5.01. The Bertz CT molecular complexity index is 521. The van der Waals surface area contributed by atoms with E-state index >= 15 is 0 Å². The number of benzene rings is 1. The molecule has 5 heteroatoms. The molecule has 1 aromatic heterocycles. The van der Waals surface area contributed by atoms with Gasteiger partial charge in [-0.05, 0) is 12.1 Å². The quantitative estimate of drug-likeness (QED) is 0.806. The smallest absolute Gasteiger partial charge is 0.267 e. The number of para-hydroxylation sites is 1. The van der Waals surface area contributed by atoms with Gasteiger partial charge in [0.15, 0.2) is 11.5 Å². The van der Waals surface area contributed by atoms with Crippen LogP contribution in [0.15, 0.2) is 36.9 Å². The molecule has 5 nitrogen and oxygen atoms in total. The van der Waals surface area contributed by atoms with Gasteiger partial charge in [-0.15, -0.1) is 0 Å². The van der Waals surface area contributed by atoms with E-state index in [2.05, 4.69) is 4.98 Å². The van der Waals surface area contributed by atoms with Crippen LogP contribution in [-0.2, 0) is 0 Å². The minimum Gasteiger partial charge on any atom is -0.493 e. The molecule has 0 saturated heterocycles. The molecular formula is C12H12N2O3. The lowest BCUT2D eigenvalue weighted by Crippen LogP contribution is -2.11. The molecule has 88 valence electrons. The van der Waals surface area contributed by atoms with Gasteiger partial charge in [0.1, 0.15) is 6.33 Å². The van der Waals surface area contributed by atoms with Crippen molar-refractivity contribution in [3.8, 4) is 11.5 Å². The molecule has 0 unspecified atom stereocenters. The van der Waals surface area contributed by atoms with Crippen molar-refractivity contribution in [3.05, 3.63) is 42.5 Å². The van der Waals surface area contributed by atoms with Crippen LogP contribution in [0.25, 0.3) is 0 Å². The highest BCUT2D eigenvalue weighted by molar-refractivity contribution is 5.99. The molecule has 0 spiro atoms. The predicted molar refractivity (Wildman–Crippen MR) is 61.5 cm³/mol. The first kappa shape index (κ1) is 11.2. The van der Waals surface area contributed by atoms with Gasteiger partial charge in [-0.3, -0.25) is 9.36 Å². The number of carbonyl (C=O) groups excluding carboxylic acids is 1. The third kappa shape index (κ3) is 1.99. The Hall–Kier alpha value is -2.30. The second-order valence-corrected chi connectivity index (χ2v) is 3.32. The van der Waals surface area contributed by atoms with Crippen molar-refractivity contribution < 1.29 is 14.3 Å². The summed E-state index contributed by atoms with van der Waals surface area (Å²) in [5, 5.41) is 0. The van der Waals surface area contributed by atoms with Gasteiger partial charge >= 0.3 is 0 Å². The van der Waals surface area contributed by atoms with E-state index in [4.69, 9.17) is 9.47 Å². The number of ether oxygens (including phenoxy) is 2. The lowest BCUT2D eigenvalue weighted by Gasteiger charge is -2.11. The van der Waals surface area contributed by atoms with Crippen LogP contribution < -0.4 is 9.47 Å². The van der Waals surface area contributed by atoms with Gasteiger partial charge in [-0.1, -0.05) is 6.07 Å². The van der Waals surface area contributed by atoms with E-state index < -0.39 is 0 Å². The Morgan fingerprint density at radius 3 is 2.71 bits per heavy atom. The number of rotatable bonds is 3. The van der Waals surface area contributed by atoms with Crippen molar-refractivity contribution in [2.24, 2.45) is 0 Å². The SMILES string of the molecule is COc1cccc(C(=O)n2ccnc2)c1OC. The minimum atomic E-state index is -0.210. The van der Waals surface area contributed by atoms with Gasteiger partial charge in [0.25, 0.3) is 5.91 Å². The fourth-order valence-electron chi connectivity index (χ4n) is 1.57. The maximum Gasteiger partial charge on any atom is 0.267 e. The van der Waals surface area contributed by atoms with E-state index in [9.17, 15) is 4.79 Å². The highest BCUT2D eigenvalue weighted by Crippen LogP contribution is 2.31. The number of imidazole rings is 1. The molecule has 0 amide bonds. The summed E-state index contributed by atoms with van der Waals surface area (Å²) in [5.41, 5.74) is 0.435. The maximum atomic E-state index is 12.1. The summed E-state index contributed by atoms with van der Waals surface area (Å²) in [7, 11) is 3.03. The molecule has 0 saturated carbocycles. The molecule has 2 rings (SSSR count). The third-order valence-electron chi connectivity index (χ3n) is 2.37. The van der Waals surface area contributed by atoms with E-state index in [0.29, 0.717) is 17.1 Å². The number of carbonyl (C=O) groups is 1. The lowest BCUT2D eigenvalue weighted by atomic mass is 10.1. The van der Waals surface area contributed by atoms with Gasteiger partial charge in [-0.2, -0.15) is 0 Å². The molecule has 0 radical (unpaired) electrons. The third-order valence-corrected chi connectivity index (χ3v) is 2.37. The normalized spacial score (nSPS) is 10.0. The number of hydrogen-bond donors (Lipinski definition) is 0. The fraction of sp³-hybridized carbons (Fsp3) is 0.167. The zero-order valence-corrected chi connectivity index (χ0v) is 9.58. The first-order valence-corrected chi connectivity index (χ1v) is 5.01. The first-order chi connectivity index (χ1) is 8.27. The Labute approximate surface area is 98.6 Å². The van der Waals surface area contributed by atoms with E-state index in [-0.39, 0.29) is 5.91 Å². The van der Waals surface area contributed by atoms with Crippen molar-refractivity contribution in [3.63, 3.8) is 0 Å². The Balaban J connectivity index is 2.48. The van der Waals surface area contributed by atoms with Crippen molar-refractivity contribution in [1.29, 1.82) is 0 Å². The molecule has 0 bridgehead atoms. The van der Waals surface area contributed by atoms with Gasteiger partial charge in [0, 0.05) is 12.4 Å². The Morgan fingerprint density at radius 2 is 2.12 bits per heavy atom. The lowest BCUT2D eigenvalue weighted by molar-refractivity contribution is 0.0956. The minimum absolute atomic E-state index is 0.210. The molecule has 2 aromatic rings. The standard InChI is InChI=1S/C12H12N2O3/c1-16-10-5-3-4-9(11(10)17-2)12(15)14-7-6-13-8-14/h3-8H,1-2H3. The molecule has 0 aliphatic rings. The van der Waals surface area contributed by atoms with Gasteiger partial charge in [0.2, 0.25) is 0 Å². The highest BCUT2D eigenvalue weighted by Gasteiger charge is 2.17. The van der Waals surface area contributed by atoms with Gasteiger partial charge in [0.05, 0.1) is 19.8 Å². The molecule has 1 aromatic carbocycles. The number of aromatic nitrogens is 2. The summed E-state index contributed by atoms with van der Waals surface area (Å²) in [6, 6.07) is 5.17. The van der Waals surface area contributed by atoms with Crippen molar-refractivity contribution in [2.45, 2.75) is 0 Å². The molecule has 0 aliphatic heterocycles. The van der Waals surface area contributed by atoms with Crippen LogP contribution in [0, 0.1) is 0 Å². The van der Waals surface area contributed by atoms with Crippen LogP contribution in [-0.4, -0.2) is 29.7 Å². The summed E-state index contributed by atoms with van der Waals surface area (Å²) in [6.45, 7) is 0. The molecule has 1 heterocycles.